The van der Waals surface area contributed by atoms with Crippen LogP contribution in [0.15, 0.2) is 59.4 Å². The van der Waals surface area contributed by atoms with Crippen LogP contribution in [-0.2, 0) is 0 Å². The number of carbonyl (C=O) groups is 1. The van der Waals surface area contributed by atoms with Gasteiger partial charge in [-0.05, 0) is 62.9 Å². The third-order valence-electron chi connectivity index (χ3n) is 6.08. The molecule has 0 unspecified atom stereocenters. The highest BCUT2D eigenvalue weighted by molar-refractivity contribution is 7.23. The van der Waals surface area contributed by atoms with Crippen LogP contribution in [0.3, 0.4) is 0 Å². The molecule has 0 bridgehead atoms. The Morgan fingerprint density at radius 3 is 2.45 bits per heavy atom. The molecule has 5 nitrogen and oxygen atoms in total. The van der Waals surface area contributed by atoms with Crippen molar-refractivity contribution < 1.29 is 9.18 Å². The van der Waals surface area contributed by atoms with Gasteiger partial charge in [0.25, 0.3) is 5.56 Å². The summed E-state index contributed by atoms with van der Waals surface area (Å²) < 4.78 is 15.5. The zero-order valence-corrected chi connectivity index (χ0v) is 19.5. The second kappa shape index (κ2) is 8.24. The predicted octanol–water partition coefficient (Wildman–Crippen LogP) is 4.77. The number of aromatic nitrogens is 1. The van der Waals surface area contributed by atoms with Crippen LogP contribution < -0.4 is 10.9 Å². The number of nitrogens with zero attached hydrogens (tertiary/aromatic N) is 2. The van der Waals surface area contributed by atoms with Crippen molar-refractivity contribution in [3.8, 4) is 5.69 Å². The van der Waals surface area contributed by atoms with E-state index in [-0.39, 0.29) is 23.2 Å². The van der Waals surface area contributed by atoms with E-state index in [4.69, 9.17) is 0 Å². The maximum absolute atomic E-state index is 13.8. The molecule has 1 aliphatic heterocycles. The molecule has 0 spiro atoms. The SMILES string of the molecule is Cc1ccc(-n2c(=O)ccc3c(C(=O)c4ccc(F)c(C)c4)c(NC4CN(C)C4)sc32)cc1. The first-order valence-electron chi connectivity index (χ1n) is 10.8. The van der Waals surface area contributed by atoms with E-state index in [9.17, 15) is 14.0 Å². The lowest BCUT2D eigenvalue weighted by Gasteiger charge is -2.37. The first-order valence-corrected chi connectivity index (χ1v) is 11.6. The van der Waals surface area contributed by atoms with Crippen molar-refractivity contribution in [2.45, 2.75) is 19.9 Å². The minimum absolute atomic E-state index is 0.154. The Bertz CT molecular complexity index is 1430. The summed E-state index contributed by atoms with van der Waals surface area (Å²) in [6.07, 6.45) is 0. The number of thiophene rings is 1. The Kier molecular flexibility index (Phi) is 5.38. The standard InChI is InChI=1S/C26H24FN3O2S/c1-15-4-7-19(8-5-15)30-22(31)11-9-20-23(24(32)17-6-10-21(27)16(2)12-17)25(33-26(20)30)28-18-13-29(3)14-18/h4-12,18,28H,13-14H2,1-3H3. The number of aryl methyl sites for hydroxylation is 2. The summed E-state index contributed by atoms with van der Waals surface area (Å²) in [6, 6.07) is 15.6. The molecule has 0 atom stereocenters. The second-order valence-corrected chi connectivity index (χ2v) is 9.72. The molecule has 1 saturated heterocycles. The summed E-state index contributed by atoms with van der Waals surface area (Å²) in [5, 5.41) is 4.97. The van der Waals surface area contributed by atoms with E-state index in [1.165, 1.54) is 29.5 Å². The number of pyridine rings is 1. The van der Waals surface area contributed by atoms with Crippen LogP contribution in [0.25, 0.3) is 15.9 Å². The largest absolute Gasteiger partial charge is 0.371 e. The van der Waals surface area contributed by atoms with Crippen molar-refractivity contribution >= 4 is 32.3 Å². The van der Waals surface area contributed by atoms with E-state index < -0.39 is 0 Å². The number of ketones is 1. The molecular formula is C26H24FN3O2S. The maximum Gasteiger partial charge on any atom is 0.256 e. The molecule has 1 N–H and O–H groups in total. The zero-order valence-electron chi connectivity index (χ0n) is 18.7. The Morgan fingerprint density at radius 1 is 1.06 bits per heavy atom. The third-order valence-corrected chi connectivity index (χ3v) is 7.20. The molecule has 2 aromatic heterocycles. The van der Waals surface area contributed by atoms with Crippen molar-refractivity contribution in [3.63, 3.8) is 0 Å². The lowest BCUT2D eigenvalue weighted by atomic mass is 10.00. The van der Waals surface area contributed by atoms with Crippen LogP contribution in [0.4, 0.5) is 9.39 Å². The Hall–Kier alpha value is -3.29. The summed E-state index contributed by atoms with van der Waals surface area (Å²) in [7, 11) is 2.05. The van der Waals surface area contributed by atoms with Gasteiger partial charge in [0.1, 0.15) is 15.6 Å². The first-order chi connectivity index (χ1) is 15.8. The normalized spacial score (nSPS) is 14.4. The molecule has 7 heteroatoms. The van der Waals surface area contributed by atoms with E-state index in [0.29, 0.717) is 26.9 Å². The number of likely N-dealkylation sites (N-methyl/N-ethyl adjacent to an activating group) is 1. The monoisotopic (exact) mass is 461 g/mol. The fraction of sp³-hybridized carbons (Fsp3) is 0.231. The molecule has 5 rings (SSSR count). The summed E-state index contributed by atoms with van der Waals surface area (Å²) in [6.45, 7) is 5.40. The summed E-state index contributed by atoms with van der Waals surface area (Å²) in [5.41, 5.74) is 3.08. The average Bonchev–Trinajstić information content (AvgIpc) is 3.13. The van der Waals surface area contributed by atoms with E-state index >= 15 is 0 Å². The summed E-state index contributed by atoms with van der Waals surface area (Å²) in [5.74, 6) is -0.528. The molecule has 0 radical (unpaired) electrons. The average molecular weight is 462 g/mol. The number of anilines is 1. The molecule has 0 amide bonds. The van der Waals surface area contributed by atoms with Crippen LogP contribution >= 0.6 is 11.3 Å². The highest BCUT2D eigenvalue weighted by atomic mass is 32.1. The molecule has 1 fully saturated rings. The molecule has 168 valence electrons. The van der Waals surface area contributed by atoms with Crippen molar-refractivity contribution in [1.82, 2.24) is 9.47 Å². The number of hydrogen-bond donors (Lipinski definition) is 1. The van der Waals surface area contributed by atoms with E-state index in [1.807, 2.05) is 38.2 Å². The maximum atomic E-state index is 13.8. The molecule has 0 aliphatic carbocycles. The molecule has 3 heterocycles. The van der Waals surface area contributed by atoms with Gasteiger partial charge in [-0.1, -0.05) is 29.0 Å². The smallest absolute Gasteiger partial charge is 0.256 e. The topological polar surface area (TPSA) is 54.3 Å². The molecule has 2 aromatic carbocycles. The van der Waals surface area contributed by atoms with Gasteiger partial charge in [-0.2, -0.15) is 0 Å². The second-order valence-electron chi connectivity index (χ2n) is 8.72. The molecule has 4 aromatic rings. The number of fused-ring (bicyclic) bond motifs is 1. The van der Waals surface area contributed by atoms with Gasteiger partial charge in [-0.15, -0.1) is 0 Å². The quantitative estimate of drug-likeness (QED) is 0.435. The van der Waals surface area contributed by atoms with Gasteiger partial charge >= 0.3 is 0 Å². The van der Waals surface area contributed by atoms with Gasteiger partial charge < -0.3 is 10.2 Å². The molecule has 33 heavy (non-hydrogen) atoms. The Morgan fingerprint density at radius 2 is 1.79 bits per heavy atom. The Balaban J connectivity index is 1.71. The fourth-order valence-electron chi connectivity index (χ4n) is 4.25. The summed E-state index contributed by atoms with van der Waals surface area (Å²) >= 11 is 1.41. The first kappa shape index (κ1) is 21.6. The number of hydrogen-bond acceptors (Lipinski definition) is 5. The fourth-order valence-corrected chi connectivity index (χ4v) is 5.54. The van der Waals surface area contributed by atoms with Crippen LogP contribution in [0, 0.1) is 19.7 Å². The van der Waals surface area contributed by atoms with Gasteiger partial charge in [0.2, 0.25) is 0 Å². The number of rotatable bonds is 5. The van der Waals surface area contributed by atoms with Crippen LogP contribution in [0.2, 0.25) is 0 Å². The van der Waals surface area contributed by atoms with Gasteiger partial charge in [0.05, 0.1) is 17.3 Å². The van der Waals surface area contributed by atoms with Crippen molar-refractivity contribution in [3.05, 3.63) is 93.0 Å². The number of halogens is 1. The number of nitrogens with one attached hydrogen (secondary N) is 1. The highest BCUT2D eigenvalue weighted by Crippen LogP contribution is 2.38. The zero-order chi connectivity index (χ0) is 23.3. The van der Waals surface area contributed by atoms with Crippen molar-refractivity contribution in [2.75, 3.05) is 25.5 Å². The molecule has 0 saturated carbocycles. The third kappa shape index (κ3) is 3.87. The summed E-state index contributed by atoms with van der Waals surface area (Å²) in [4.78, 5) is 29.5. The van der Waals surface area contributed by atoms with E-state index in [1.54, 1.807) is 23.6 Å². The Labute approximate surface area is 195 Å². The lowest BCUT2D eigenvalue weighted by Crippen LogP contribution is -2.52. The number of carbonyl (C=O) groups excluding carboxylic acids is 1. The molecule has 1 aliphatic rings. The van der Waals surface area contributed by atoms with Crippen LogP contribution in [0.5, 0.6) is 0 Å². The minimum atomic E-state index is -0.342. The minimum Gasteiger partial charge on any atom is -0.371 e. The van der Waals surface area contributed by atoms with Crippen LogP contribution in [0.1, 0.15) is 27.0 Å². The van der Waals surface area contributed by atoms with Gasteiger partial charge in [-0.25, -0.2) is 4.39 Å². The van der Waals surface area contributed by atoms with Gasteiger partial charge in [0.15, 0.2) is 5.78 Å². The number of benzene rings is 2. The van der Waals surface area contributed by atoms with E-state index in [0.717, 1.165) is 29.3 Å². The molecular weight excluding hydrogens is 437 g/mol. The highest BCUT2D eigenvalue weighted by Gasteiger charge is 2.28. The van der Waals surface area contributed by atoms with Crippen molar-refractivity contribution in [2.24, 2.45) is 0 Å². The van der Waals surface area contributed by atoms with Crippen LogP contribution in [-0.4, -0.2) is 41.4 Å². The van der Waals surface area contributed by atoms with Gasteiger partial charge in [0, 0.05) is 30.1 Å². The van der Waals surface area contributed by atoms with Crippen molar-refractivity contribution in [1.29, 1.82) is 0 Å². The van der Waals surface area contributed by atoms with Gasteiger partial charge in [-0.3, -0.25) is 14.2 Å². The predicted molar refractivity (Wildman–Crippen MR) is 132 cm³/mol. The number of likely N-dealkylation sites (tertiary alicyclic amines) is 1. The lowest BCUT2D eigenvalue weighted by molar-refractivity contribution is 0.104. The van der Waals surface area contributed by atoms with E-state index in [2.05, 4.69) is 10.2 Å².